The second-order valence-corrected chi connectivity index (χ2v) is 3.48. The number of Topliss-reactive ketones (excluding diaryl/α,β-unsaturated/α-hetero) is 2. The summed E-state index contributed by atoms with van der Waals surface area (Å²) in [5.41, 5.74) is 8.41. The lowest BCUT2D eigenvalue weighted by Crippen LogP contribution is -2.69. The maximum absolute atomic E-state index is 11.4. The van der Waals surface area contributed by atoms with Crippen LogP contribution in [0.3, 0.4) is 0 Å². The Labute approximate surface area is 97.2 Å². The normalized spacial score (nSPS) is 13.3. The second-order valence-electron chi connectivity index (χ2n) is 2.85. The first-order chi connectivity index (χ1) is 6.82. The van der Waals surface area contributed by atoms with Gasteiger partial charge in [0.1, 0.15) is 6.04 Å². The van der Waals surface area contributed by atoms with E-state index in [1.165, 1.54) is 0 Å². The van der Waals surface area contributed by atoms with Crippen LogP contribution >= 0.6 is 25.3 Å². The average Bonchev–Trinajstić information content (AvgIpc) is 2.24. The highest BCUT2D eigenvalue weighted by atomic mass is 32.1. The zero-order valence-corrected chi connectivity index (χ0v) is 9.50. The number of carboxylic acid groups (broad SMARTS) is 1. The standard InChI is InChI=1S/C7H12N2O4S2/c8-5(6(12)13)7(9,3(10)1-14)4(11)2-15/h5,14-15H,1-2,8-9H2,(H,12,13). The van der Waals surface area contributed by atoms with Crippen LogP contribution in [0.4, 0.5) is 0 Å². The van der Waals surface area contributed by atoms with Crippen molar-refractivity contribution in [3.05, 3.63) is 0 Å². The quantitative estimate of drug-likeness (QED) is 0.278. The minimum Gasteiger partial charge on any atom is -0.480 e. The number of thiol groups is 2. The molecule has 0 aliphatic heterocycles. The van der Waals surface area contributed by atoms with Crippen LogP contribution in [-0.2, 0) is 14.4 Å². The number of carbonyl (C=O) groups excluding carboxylic acids is 2. The Morgan fingerprint density at radius 1 is 1.20 bits per heavy atom. The zero-order chi connectivity index (χ0) is 12.2. The maximum Gasteiger partial charge on any atom is 0.323 e. The first kappa shape index (κ1) is 14.4. The number of aliphatic carboxylic acids is 1. The third-order valence-corrected chi connectivity index (χ3v) is 2.54. The number of carboxylic acids is 1. The molecule has 0 rings (SSSR count). The molecule has 0 aliphatic rings. The van der Waals surface area contributed by atoms with Crippen molar-refractivity contribution < 1.29 is 19.5 Å². The number of hydrogen-bond acceptors (Lipinski definition) is 7. The van der Waals surface area contributed by atoms with E-state index in [0.717, 1.165) is 0 Å². The van der Waals surface area contributed by atoms with Crippen LogP contribution in [0.1, 0.15) is 0 Å². The largest absolute Gasteiger partial charge is 0.480 e. The van der Waals surface area contributed by atoms with E-state index in [2.05, 4.69) is 25.3 Å². The van der Waals surface area contributed by atoms with Gasteiger partial charge in [-0.25, -0.2) is 0 Å². The second kappa shape index (κ2) is 5.50. The van der Waals surface area contributed by atoms with Gasteiger partial charge in [-0.3, -0.25) is 14.4 Å². The molecule has 6 nitrogen and oxygen atoms in total. The predicted octanol–water partition coefficient (Wildman–Crippen LogP) is -1.91. The molecule has 0 fully saturated rings. The molecule has 1 atom stereocenters. The lowest BCUT2D eigenvalue weighted by molar-refractivity contribution is -0.146. The summed E-state index contributed by atoms with van der Waals surface area (Å²) in [4.78, 5) is 33.4. The summed E-state index contributed by atoms with van der Waals surface area (Å²) in [5, 5.41) is 8.65. The molecule has 1 unspecified atom stereocenters. The monoisotopic (exact) mass is 252 g/mol. The molecule has 5 N–H and O–H groups in total. The molecule has 0 saturated heterocycles. The summed E-state index contributed by atoms with van der Waals surface area (Å²) in [5.74, 6) is -3.92. The first-order valence-corrected chi connectivity index (χ1v) is 5.14. The number of ketones is 2. The Balaban J connectivity index is 5.29. The third kappa shape index (κ3) is 2.71. The smallest absolute Gasteiger partial charge is 0.323 e. The highest BCUT2D eigenvalue weighted by molar-refractivity contribution is 7.81. The molecule has 0 aromatic heterocycles. The van der Waals surface area contributed by atoms with Crippen molar-refractivity contribution in [2.75, 3.05) is 11.5 Å². The Bertz CT molecular complexity index is 279. The summed E-state index contributed by atoms with van der Waals surface area (Å²) >= 11 is 7.30. The molecule has 86 valence electrons. The van der Waals surface area contributed by atoms with Crippen LogP contribution in [-0.4, -0.2) is 45.7 Å². The molecular formula is C7H12N2O4S2. The van der Waals surface area contributed by atoms with Crippen molar-refractivity contribution in [3.63, 3.8) is 0 Å². The molecule has 0 aliphatic carbocycles. The number of nitrogens with two attached hydrogens (primary N) is 2. The predicted molar refractivity (Wildman–Crippen MR) is 60.2 cm³/mol. The lowest BCUT2D eigenvalue weighted by Gasteiger charge is -2.28. The van der Waals surface area contributed by atoms with E-state index in [4.69, 9.17) is 16.6 Å². The molecule has 0 radical (unpaired) electrons. The molecular weight excluding hydrogens is 240 g/mol. The molecule has 0 spiro atoms. The van der Waals surface area contributed by atoms with Gasteiger partial charge in [0.05, 0.1) is 11.5 Å². The van der Waals surface area contributed by atoms with Crippen molar-refractivity contribution in [1.29, 1.82) is 0 Å². The van der Waals surface area contributed by atoms with Crippen LogP contribution in [0.5, 0.6) is 0 Å². The minimum absolute atomic E-state index is 0.364. The highest BCUT2D eigenvalue weighted by Crippen LogP contribution is 2.12. The van der Waals surface area contributed by atoms with E-state index >= 15 is 0 Å². The van der Waals surface area contributed by atoms with Gasteiger partial charge in [0.2, 0.25) is 0 Å². The molecule has 0 aromatic carbocycles. The Morgan fingerprint density at radius 2 is 1.53 bits per heavy atom. The summed E-state index contributed by atoms with van der Waals surface area (Å²) in [6, 6.07) is -1.79. The molecule has 0 heterocycles. The first-order valence-electron chi connectivity index (χ1n) is 3.87. The van der Waals surface area contributed by atoms with Crippen molar-refractivity contribution >= 4 is 42.8 Å². The van der Waals surface area contributed by atoms with Crippen molar-refractivity contribution in [1.82, 2.24) is 0 Å². The fourth-order valence-electron chi connectivity index (χ4n) is 0.959. The third-order valence-electron chi connectivity index (χ3n) is 1.97. The Hall–Kier alpha value is -0.570. The summed E-state index contributed by atoms with van der Waals surface area (Å²) in [6.45, 7) is 0. The lowest BCUT2D eigenvalue weighted by atomic mass is 9.84. The van der Waals surface area contributed by atoms with Crippen LogP contribution < -0.4 is 11.5 Å². The van der Waals surface area contributed by atoms with E-state index in [1.807, 2.05) is 0 Å². The van der Waals surface area contributed by atoms with Crippen molar-refractivity contribution in [2.24, 2.45) is 11.5 Å². The van der Waals surface area contributed by atoms with E-state index < -0.39 is 29.1 Å². The molecule has 0 aromatic rings. The van der Waals surface area contributed by atoms with Crippen LogP contribution in [0, 0.1) is 0 Å². The van der Waals surface area contributed by atoms with E-state index in [1.54, 1.807) is 0 Å². The highest BCUT2D eigenvalue weighted by Gasteiger charge is 2.48. The molecule has 0 amide bonds. The summed E-state index contributed by atoms with van der Waals surface area (Å²) < 4.78 is 0. The summed E-state index contributed by atoms with van der Waals surface area (Å²) in [6.07, 6.45) is 0. The van der Waals surface area contributed by atoms with Gasteiger partial charge in [-0.2, -0.15) is 25.3 Å². The van der Waals surface area contributed by atoms with Gasteiger partial charge in [-0.05, 0) is 0 Å². The molecule has 8 heteroatoms. The number of carbonyl (C=O) groups is 3. The minimum atomic E-state index is -2.25. The Kier molecular flexibility index (Phi) is 5.29. The van der Waals surface area contributed by atoms with Gasteiger partial charge in [0, 0.05) is 0 Å². The molecule has 0 saturated carbocycles. The van der Waals surface area contributed by atoms with Gasteiger partial charge >= 0.3 is 5.97 Å². The van der Waals surface area contributed by atoms with E-state index in [-0.39, 0.29) is 11.5 Å². The van der Waals surface area contributed by atoms with Gasteiger partial charge < -0.3 is 16.6 Å². The number of hydrogen-bond donors (Lipinski definition) is 5. The van der Waals surface area contributed by atoms with Crippen LogP contribution in [0.15, 0.2) is 0 Å². The van der Waals surface area contributed by atoms with Gasteiger partial charge in [0.15, 0.2) is 17.1 Å². The van der Waals surface area contributed by atoms with Crippen LogP contribution in [0.2, 0.25) is 0 Å². The van der Waals surface area contributed by atoms with E-state index in [0.29, 0.717) is 0 Å². The molecule has 15 heavy (non-hydrogen) atoms. The zero-order valence-electron chi connectivity index (χ0n) is 7.71. The van der Waals surface area contributed by atoms with Crippen LogP contribution in [0.25, 0.3) is 0 Å². The SMILES string of the molecule is NC(C(=O)O)C(N)(C(=O)CS)C(=O)CS. The average molecular weight is 252 g/mol. The van der Waals surface area contributed by atoms with Gasteiger partial charge in [0.25, 0.3) is 0 Å². The van der Waals surface area contributed by atoms with E-state index in [9.17, 15) is 14.4 Å². The topological polar surface area (TPSA) is 123 Å². The fourth-order valence-corrected chi connectivity index (χ4v) is 1.48. The fraction of sp³-hybridized carbons (Fsp3) is 0.571. The summed E-state index contributed by atoms with van der Waals surface area (Å²) in [7, 11) is 0. The van der Waals surface area contributed by atoms with Gasteiger partial charge in [-0.1, -0.05) is 0 Å². The molecule has 0 bridgehead atoms. The van der Waals surface area contributed by atoms with Gasteiger partial charge in [-0.15, -0.1) is 0 Å². The Morgan fingerprint density at radius 3 is 1.73 bits per heavy atom. The maximum atomic E-state index is 11.4. The number of rotatable bonds is 6. The van der Waals surface area contributed by atoms with Crippen molar-refractivity contribution in [2.45, 2.75) is 11.6 Å². The van der Waals surface area contributed by atoms with Crippen molar-refractivity contribution in [3.8, 4) is 0 Å².